The first-order valence-corrected chi connectivity index (χ1v) is 24.3. The molecule has 3 heteroatoms. The van der Waals surface area contributed by atoms with E-state index in [9.17, 15) is 0 Å². The SMILES string of the molecule is c1ccc(-c2ccc3cc(N(c4ccccc4)c4cc(-c5ccc6c(c5)c5ccccc5n6-c5ccccc5)cc(N(c5ccccc5)c5ccc6cc(-c7ccccc7)ccc6c5)c4)ccc3c2)cc1. The van der Waals surface area contributed by atoms with Crippen molar-refractivity contribution < 1.29 is 0 Å². The van der Waals surface area contributed by atoms with Gasteiger partial charge in [-0.15, -0.1) is 0 Å². The maximum atomic E-state index is 2.41. The Hall–Kier alpha value is -9.44. The molecule has 0 fully saturated rings. The largest absolute Gasteiger partial charge is 0.310 e. The number of rotatable bonds is 10. The summed E-state index contributed by atoms with van der Waals surface area (Å²) in [6.45, 7) is 0. The fraction of sp³-hybridized carbons (Fsp3) is 0. The third-order valence-electron chi connectivity index (χ3n) is 13.8. The molecule has 0 spiro atoms. The number of para-hydroxylation sites is 4. The fourth-order valence-electron chi connectivity index (χ4n) is 10.4. The summed E-state index contributed by atoms with van der Waals surface area (Å²) in [6.07, 6.45) is 0. The molecule has 71 heavy (non-hydrogen) atoms. The number of anilines is 6. The molecule has 12 aromatic carbocycles. The topological polar surface area (TPSA) is 11.4 Å². The molecule has 1 heterocycles. The molecule has 0 aliphatic heterocycles. The lowest BCUT2D eigenvalue weighted by Gasteiger charge is -2.30. The van der Waals surface area contributed by atoms with Gasteiger partial charge >= 0.3 is 0 Å². The van der Waals surface area contributed by atoms with Crippen LogP contribution >= 0.6 is 0 Å². The van der Waals surface area contributed by atoms with Gasteiger partial charge in [-0.05, 0) is 164 Å². The van der Waals surface area contributed by atoms with Crippen molar-refractivity contribution in [3.63, 3.8) is 0 Å². The van der Waals surface area contributed by atoms with Crippen LogP contribution in [0.1, 0.15) is 0 Å². The lowest BCUT2D eigenvalue weighted by atomic mass is 9.98. The van der Waals surface area contributed by atoms with Crippen LogP contribution in [-0.4, -0.2) is 4.57 Å². The zero-order valence-electron chi connectivity index (χ0n) is 39.0. The monoisotopic (exact) mass is 905 g/mol. The summed E-state index contributed by atoms with van der Waals surface area (Å²) in [7, 11) is 0. The van der Waals surface area contributed by atoms with Crippen molar-refractivity contribution in [2.24, 2.45) is 0 Å². The molecular formula is C68H47N3. The number of benzene rings is 12. The Morgan fingerprint density at radius 1 is 0.211 bits per heavy atom. The lowest BCUT2D eigenvalue weighted by Crippen LogP contribution is -2.13. The van der Waals surface area contributed by atoms with Gasteiger partial charge in [0.05, 0.1) is 11.0 Å². The quantitative estimate of drug-likeness (QED) is 0.135. The van der Waals surface area contributed by atoms with Crippen LogP contribution in [0.5, 0.6) is 0 Å². The van der Waals surface area contributed by atoms with Crippen molar-refractivity contribution in [1.29, 1.82) is 0 Å². The van der Waals surface area contributed by atoms with Crippen LogP contribution in [0.15, 0.2) is 285 Å². The first kappa shape index (κ1) is 41.7. The Kier molecular flexibility index (Phi) is 10.5. The van der Waals surface area contributed by atoms with Gasteiger partial charge in [0.2, 0.25) is 0 Å². The Balaban J connectivity index is 1.03. The molecule has 0 saturated carbocycles. The van der Waals surface area contributed by atoms with Crippen LogP contribution in [0.4, 0.5) is 34.1 Å². The smallest absolute Gasteiger partial charge is 0.0541 e. The van der Waals surface area contributed by atoms with Gasteiger partial charge in [-0.1, -0.05) is 176 Å². The molecule has 1 aromatic heterocycles. The van der Waals surface area contributed by atoms with Crippen LogP contribution in [0.25, 0.3) is 82.4 Å². The molecule has 0 saturated heterocycles. The number of nitrogens with zero attached hydrogens (tertiary/aromatic N) is 3. The molecule has 334 valence electrons. The maximum absolute atomic E-state index is 2.41. The molecule has 0 aliphatic carbocycles. The standard InChI is InChI=1S/C68H47N3/c1-6-18-48(19-7-1)50-30-32-54-42-61(37-34-52(54)40-50)69(58-22-10-3-11-23-58)63-44-57(56-36-39-68-66(46-56)65-28-16-17-29-67(65)71(68)60-26-14-5-15-27-60)45-64(47-63)70(59-24-12-4-13-25-59)62-38-35-53-41-51(31-33-55(53)43-62)49-20-8-2-9-21-49/h1-47H. The summed E-state index contributed by atoms with van der Waals surface area (Å²) in [5.41, 5.74) is 17.0. The third kappa shape index (κ3) is 7.86. The molecule has 0 amide bonds. The molecule has 0 atom stereocenters. The number of fused-ring (bicyclic) bond motifs is 5. The maximum Gasteiger partial charge on any atom is 0.0541 e. The van der Waals surface area contributed by atoms with Crippen LogP contribution in [-0.2, 0) is 0 Å². The highest BCUT2D eigenvalue weighted by molar-refractivity contribution is 6.10. The van der Waals surface area contributed by atoms with Crippen LogP contribution < -0.4 is 9.80 Å². The number of hydrogen-bond donors (Lipinski definition) is 0. The minimum Gasteiger partial charge on any atom is -0.310 e. The molecule has 13 aromatic rings. The molecule has 0 radical (unpaired) electrons. The minimum absolute atomic E-state index is 1.05. The van der Waals surface area contributed by atoms with Gasteiger partial charge in [-0.3, -0.25) is 0 Å². The van der Waals surface area contributed by atoms with Crippen molar-refractivity contribution in [2.45, 2.75) is 0 Å². The summed E-state index contributed by atoms with van der Waals surface area (Å²) in [5.74, 6) is 0. The summed E-state index contributed by atoms with van der Waals surface area (Å²) >= 11 is 0. The average molecular weight is 906 g/mol. The minimum atomic E-state index is 1.05. The predicted octanol–water partition coefficient (Wildman–Crippen LogP) is 19.0. The molecule has 13 rings (SSSR count). The fourth-order valence-corrected chi connectivity index (χ4v) is 10.4. The summed E-state index contributed by atoms with van der Waals surface area (Å²) in [4.78, 5) is 4.82. The highest BCUT2D eigenvalue weighted by Gasteiger charge is 2.21. The zero-order chi connectivity index (χ0) is 47.1. The van der Waals surface area contributed by atoms with E-state index in [-0.39, 0.29) is 0 Å². The van der Waals surface area contributed by atoms with Crippen molar-refractivity contribution in [3.05, 3.63) is 285 Å². The van der Waals surface area contributed by atoms with Gasteiger partial charge < -0.3 is 14.4 Å². The summed E-state index contributed by atoms with van der Waals surface area (Å²) < 4.78 is 2.38. The Morgan fingerprint density at radius 2 is 0.620 bits per heavy atom. The second-order valence-electron chi connectivity index (χ2n) is 18.2. The Bertz CT molecular complexity index is 3850. The molecule has 0 aliphatic rings. The van der Waals surface area contributed by atoms with Crippen molar-refractivity contribution in [1.82, 2.24) is 4.57 Å². The second-order valence-corrected chi connectivity index (χ2v) is 18.2. The van der Waals surface area contributed by atoms with E-state index in [0.29, 0.717) is 0 Å². The van der Waals surface area contributed by atoms with Crippen LogP contribution in [0.2, 0.25) is 0 Å². The van der Waals surface area contributed by atoms with E-state index in [2.05, 4.69) is 299 Å². The van der Waals surface area contributed by atoms with E-state index in [1.807, 2.05) is 0 Å². The van der Waals surface area contributed by atoms with E-state index in [4.69, 9.17) is 0 Å². The Morgan fingerprint density at radius 3 is 1.15 bits per heavy atom. The van der Waals surface area contributed by atoms with E-state index >= 15 is 0 Å². The van der Waals surface area contributed by atoms with Gasteiger partial charge in [0.15, 0.2) is 0 Å². The van der Waals surface area contributed by atoms with E-state index in [0.717, 1.165) is 50.9 Å². The first-order valence-electron chi connectivity index (χ1n) is 24.3. The number of aromatic nitrogens is 1. The highest BCUT2D eigenvalue weighted by Crippen LogP contribution is 2.45. The van der Waals surface area contributed by atoms with Crippen molar-refractivity contribution >= 4 is 77.5 Å². The van der Waals surface area contributed by atoms with Gasteiger partial charge in [0.25, 0.3) is 0 Å². The second kappa shape index (κ2) is 17.9. The summed E-state index contributed by atoms with van der Waals surface area (Å²) in [5, 5.41) is 7.18. The lowest BCUT2D eigenvalue weighted by molar-refractivity contribution is 1.18. The average Bonchev–Trinajstić information content (AvgIpc) is 3.78. The van der Waals surface area contributed by atoms with Crippen molar-refractivity contribution in [3.8, 4) is 39.1 Å². The first-order chi connectivity index (χ1) is 35.2. The van der Waals surface area contributed by atoms with Crippen LogP contribution in [0.3, 0.4) is 0 Å². The van der Waals surface area contributed by atoms with E-state index in [1.54, 1.807) is 0 Å². The molecule has 0 unspecified atom stereocenters. The van der Waals surface area contributed by atoms with E-state index in [1.165, 1.54) is 65.6 Å². The van der Waals surface area contributed by atoms with Gasteiger partial charge in [-0.2, -0.15) is 0 Å². The van der Waals surface area contributed by atoms with Gasteiger partial charge in [0, 0.05) is 50.6 Å². The highest BCUT2D eigenvalue weighted by atomic mass is 15.2. The molecule has 0 bridgehead atoms. The number of hydrogen-bond acceptors (Lipinski definition) is 2. The molecular weight excluding hydrogens is 859 g/mol. The van der Waals surface area contributed by atoms with E-state index < -0.39 is 0 Å². The Labute approximate surface area is 414 Å². The third-order valence-corrected chi connectivity index (χ3v) is 13.8. The van der Waals surface area contributed by atoms with Gasteiger partial charge in [-0.25, -0.2) is 0 Å². The van der Waals surface area contributed by atoms with Crippen LogP contribution in [0, 0.1) is 0 Å². The molecule has 0 N–H and O–H groups in total. The summed E-state index contributed by atoms with van der Waals surface area (Å²) in [6, 6.07) is 104. The van der Waals surface area contributed by atoms with Gasteiger partial charge in [0.1, 0.15) is 0 Å². The van der Waals surface area contributed by atoms with Crippen molar-refractivity contribution in [2.75, 3.05) is 9.80 Å². The molecule has 3 nitrogen and oxygen atoms in total. The predicted molar refractivity (Wildman–Crippen MR) is 301 cm³/mol. The normalized spacial score (nSPS) is 11.4. The zero-order valence-corrected chi connectivity index (χ0v) is 39.0.